The summed E-state index contributed by atoms with van der Waals surface area (Å²) in [4.78, 5) is 21.6. The maximum absolute atomic E-state index is 13.3. The molecule has 0 fully saturated rings. The molecule has 0 saturated heterocycles. The van der Waals surface area contributed by atoms with Gasteiger partial charge in [0.2, 0.25) is 5.82 Å². The summed E-state index contributed by atoms with van der Waals surface area (Å²) in [5, 5.41) is 10.2. The zero-order valence-corrected chi connectivity index (χ0v) is 13.4. The highest BCUT2D eigenvalue weighted by atomic mass is 35.5. The molecule has 0 aliphatic heterocycles. The Morgan fingerprint density at radius 3 is 2.45 bits per heavy atom. The van der Waals surface area contributed by atoms with Crippen molar-refractivity contribution >= 4 is 33.4 Å². The van der Waals surface area contributed by atoms with Crippen molar-refractivity contribution in [1.82, 2.24) is 9.03 Å². The topological polar surface area (TPSA) is 110 Å². The summed E-state index contributed by atoms with van der Waals surface area (Å²) in [7, 11) is -2.91. The second kappa shape index (κ2) is 6.55. The van der Waals surface area contributed by atoms with Crippen LogP contribution in [0, 0.1) is 15.9 Å². The van der Waals surface area contributed by atoms with Crippen LogP contribution >= 0.6 is 11.6 Å². The third-order valence-corrected chi connectivity index (χ3v) is 4.74. The van der Waals surface area contributed by atoms with Crippen molar-refractivity contribution in [2.24, 2.45) is 0 Å². The fraction of sp³-hybridized carbons (Fsp3) is 0.364. The molecule has 0 heterocycles. The van der Waals surface area contributed by atoms with Crippen LogP contribution in [0.15, 0.2) is 12.1 Å². The molecule has 1 rings (SSSR count). The van der Waals surface area contributed by atoms with Gasteiger partial charge < -0.3 is 0 Å². The molecule has 0 aromatic heterocycles. The van der Waals surface area contributed by atoms with Gasteiger partial charge in [-0.3, -0.25) is 14.9 Å². The third-order valence-electron chi connectivity index (χ3n) is 2.81. The van der Waals surface area contributed by atoms with E-state index in [-0.39, 0.29) is 0 Å². The van der Waals surface area contributed by atoms with Crippen LogP contribution < -0.4 is 4.72 Å². The van der Waals surface area contributed by atoms with E-state index in [1.165, 1.54) is 7.05 Å². The highest BCUT2D eigenvalue weighted by molar-refractivity contribution is 7.87. The van der Waals surface area contributed by atoms with Gasteiger partial charge in [-0.05, 0) is 13.8 Å². The minimum atomic E-state index is -4.16. The molecule has 1 aromatic carbocycles. The number of hydrogen-bond acceptors (Lipinski definition) is 5. The van der Waals surface area contributed by atoms with Crippen molar-refractivity contribution in [3.63, 3.8) is 0 Å². The van der Waals surface area contributed by atoms with Crippen LogP contribution in [0.2, 0.25) is 5.02 Å². The van der Waals surface area contributed by atoms with Crippen LogP contribution in [0.1, 0.15) is 24.2 Å². The van der Waals surface area contributed by atoms with Crippen molar-refractivity contribution < 1.29 is 22.5 Å². The summed E-state index contributed by atoms with van der Waals surface area (Å²) in [5.41, 5.74) is -1.50. The lowest BCUT2D eigenvalue weighted by Crippen LogP contribution is -2.44. The second-order valence-corrected chi connectivity index (χ2v) is 6.72. The average molecular weight is 354 g/mol. The molecule has 1 amide bonds. The van der Waals surface area contributed by atoms with Gasteiger partial charge in [-0.25, -0.2) is 4.72 Å². The Morgan fingerprint density at radius 2 is 2.00 bits per heavy atom. The van der Waals surface area contributed by atoms with E-state index in [0.29, 0.717) is 12.1 Å². The normalized spacial score (nSPS) is 11.8. The molecule has 8 nitrogen and oxygen atoms in total. The van der Waals surface area contributed by atoms with Crippen molar-refractivity contribution in [3.05, 3.63) is 38.7 Å². The molecule has 0 atom stereocenters. The fourth-order valence-electron chi connectivity index (χ4n) is 1.37. The van der Waals surface area contributed by atoms with Crippen LogP contribution in [0.4, 0.5) is 10.1 Å². The quantitative estimate of drug-likeness (QED) is 0.640. The number of nitrogens with zero attached hydrogens (tertiary/aromatic N) is 2. The molecular formula is C11H13ClFN3O5S. The van der Waals surface area contributed by atoms with E-state index in [4.69, 9.17) is 11.6 Å². The number of carbonyl (C=O) groups is 1. The summed E-state index contributed by atoms with van der Waals surface area (Å²) in [6.07, 6.45) is 0. The minimum Gasteiger partial charge on any atom is -0.268 e. The molecule has 1 N–H and O–H groups in total. The van der Waals surface area contributed by atoms with Gasteiger partial charge in [-0.1, -0.05) is 11.6 Å². The standard InChI is InChI=1S/C11H13ClFN3O5S/c1-6(2)15(3)22(20,21)14-11(17)7-4-10(16(18)19)9(13)5-8(7)12/h4-6H,1-3H3,(H,14,17). The van der Waals surface area contributed by atoms with Gasteiger partial charge in [0, 0.05) is 25.2 Å². The number of halogens is 2. The van der Waals surface area contributed by atoms with Crippen molar-refractivity contribution in [3.8, 4) is 0 Å². The SMILES string of the molecule is CC(C)N(C)S(=O)(=O)NC(=O)c1cc([N+](=O)[O-])c(F)cc1Cl. The van der Waals surface area contributed by atoms with E-state index in [0.717, 1.165) is 4.31 Å². The van der Waals surface area contributed by atoms with E-state index >= 15 is 0 Å². The molecule has 11 heteroatoms. The van der Waals surface area contributed by atoms with Gasteiger partial charge in [0.05, 0.1) is 15.5 Å². The van der Waals surface area contributed by atoms with Crippen LogP contribution in [-0.2, 0) is 10.2 Å². The summed E-state index contributed by atoms with van der Waals surface area (Å²) < 4.78 is 39.7. The predicted octanol–water partition coefficient (Wildman–Crippen LogP) is 1.70. The number of nitro benzene ring substituents is 1. The average Bonchev–Trinajstić information content (AvgIpc) is 2.36. The molecule has 0 unspecified atom stereocenters. The Hall–Kier alpha value is -1.78. The van der Waals surface area contributed by atoms with Crippen LogP contribution in [0.3, 0.4) is 0 Å². The summed E-state index contributed by atoms with van der Waals surface area (Å²) in [6.45, 7) is 3.17. The molecule has 0 radical (unpaired) electrons. The Kier molecular flexibility index (Phi) is 5.44. The van der Waals surface area contributed by atoms with E-state index < -0.39 is 49.2 Å². The molecule has 22 heavy (non-hydrogen) atoms. The number of hydrogen-bond donors (Lipinski definition) is 1. The van der Waals surface area contributed by atoms with Gasteiger partial charge in [0.15, 0.2) is 0 Å². The number of benzene rings is 1. The molecule has 0 spiro atoms. The maximum Gasteiger partial charge on any atom is 0.305 e. The van der Waals surface area contributed by atoms with Crippen LogP contribution in [0.5, 0.6) is 0 Å². The zero-order valence-electron chi connectivity index (χ0n) is 11.8. The Balaban J connectivity index is 3.20. The lowest BCUT2D eigenvalue weighted by atomic mass is 10.2. The lowest BCUT2D eigenvalue weighted by Gasteiger charge is -2.21. The first-order chi connectivity index (χ1) is 9.97. The Labute approximate surface area is 131 Å². The largest absolute Gasteiger partial charge is 0.305 e. The zero-order chi connectivity index (χ0) is 17.2. The van der Waals surface area contributed by atoms with Gasteiger partial charge in [0.1, 0.15) is 0 Å². The van der Waals surface area contributed by atoms with E-state index in [2.05, 4.69) is 0 Å². The van der Waals surface area contributed by atoms with Gasteiger partial charge in [0.25, 0.3) is 5.91 Å². The van der Waals surface area contributed by atoms with Gasteiger partial charge in [-0.15, -0.1) is 0 Å². The predicted molar refractivity (Wildman–Crippen MR) is 77.3 cm³/mol. The first-order valence-corrected chi connectivity index (χ1v) is 7.72. The maximum atomic E-state index is 13.3. The van der Waals surface area contributed by atoms with E-state index in [1.807, 2.05) is 0 Å². The highest BCUT2D eigenvalue weighted by Crippen LogP contribution is 2.26. The van der Waals surface area contributed by atoms with E-state index in [9.17, 15) is 27.7 Å². The molecule has 0 saturated carbocycles. The van der Waals surface area contributed by atoms with Crippen molar-refractivity contribution in [1.29, 1.82) is 0 Å². The Bertz CT molecular complexity index is 723. The monoisotopic (exact) mass is 353 g/mol. The molecule has 0 aliphatic carbocycles. The van der Waals surface area contributed by atoms with E-state index in [1.54, 1.807) is 18.6 Å². The summed E-state index contributed by atoms with van der Waals surface area (Å²) in [6, 6.07) is 0.731. The van der Waals surface area contributed by atoms with Gasteiger partial charge in [-0.2, -0.15) is 17.1 Å². The van der Waals surface area contributed by atoms with Crippen LogP contribution in [-0.4, -0.2) is 36.6 Å². The third kappa shape index (κ3) is 3.90. The second-order valence-electron chi connectivity index (χ2n) is 4.59. The smallest absolute Gasteiger partial charge is 0.268 e. The fourth-order valence-corrected chi connectivity index (χ4v) is 2.65. The minimum absolute atomic E-state index is 0.427. The number of amides is 1. The summed E-state index contributed by atoms with van der Waals surface area (Å²) in [5.74, 6) is -2.42. The van der Waals surface area contributed by atoms with Crippen molar-refractivity contribution in [2.45, 2.75) is 19.9 Å². The lowest BCUT2D eigenvalue weighted by molar-refractivity contribution is -0.387. The van der Waals surface area contributed by atoms with Crippen LogP contribution in [0.25, 0.3) is 0 Å². The first kappa shape index (κ1) is 18.3. The van der Waals surface area contributed by atoms with Gasteiger partial charge >= 0.3 is 15.9 Å². The number of rotatable bonds is 5. The number of nitro groups is 1. The Morgan fingerprint density at radius 1 is 1.45 bits per heavy atom. The number of carbonyl (C=O) groups excluding carboxylic acids is 1. The molecule has 1 aromatic rings. The highest BCUT2D eigenvalue weighted by Gasteiger charge is 2.27. The molecule has 0 bridgehead atoms. The first-order valence-electron chi connectivity index (χ1n) is 5.91. The molecular weight excluding hydrogens is 341 g/mol. The summed E-state index contributed by atoms with van der Waals surface area (Å²) >= 11 is 5.64. The number of nitrogens with one attached hydrogen (secondary N) is 1. The van der Waals surface area contributed by atoms with Crippen molar-refractivity contribution in [2.75, 3.05) is 7.05 Å². The molecule has 0 aliphatic rings. The molecule has 122 valence electrons.